The van der Waals surface area contributed by atoms with E-state index in [1.54, 1.807) is 13.1 Å². The molecule has 7 heteroatoms. The highest BCUT2D eigenvalue weighted by molar-refractivity contribution is 6.09. The Balaban J connectivity index is 1.47. The molecule has 4 rings (SSSR count). The number of rotatable bonds is 3. The number of likely N-dealkylation sites (tertiary alicyclic amines) is 1. The maximum atomic E-state index is 12.7. The van der Waals surface area contributed by atoms with Gasteiger partial charge in [0.1, 0.15) is 6.04 Å². The molecule has 0 aromatic carbocycles. The number of hydrogen-bond acceptors (Lipinski definition) is 5. The van der Waals surface area contributed by atoms with Gasteiger partial charge in [0.05, 0.1) is 11.8 Å². The topological polar surface area (TPSA) is 92.3 Å². The zero-order valence-electron chi connectivity index (χ0n) is 16.8. The van der Waals surface area contributed by atoms with Crippen molar-refractivity contribution in [3.05, 3.63) is 17.5 Å². The van der Waals surface area contributed by atoms with Crippen LogP contribution >= 0.6 is 0 Å². The largest absolute Gasteiger partial charge is 0.293 e. The molecule has 1 aromatic rings. The minimum atomic E-state index is -0.857. The van der Waals surface area contributed by atoms with Gasteiger partial charge >= 0.3 is 0 Å². The predicted octanol–water partition coefficient (Wildman–Crippen LogP) is 2.49. The van der Waals surface area contributed by atoms with Gasteiger partial charge in [0.2, 0.25) is 23.7 Å². The third-order valence-electron chi connectivity index (χ3n) is 6.54. The van der Waals surface area contributed by atoms with Crippen LogP contribution in [0.4, 0.5) is 5.95 Å². The number of aromatic nitrogens is 2. The van der Waals surface area contributed by atoms with E-state index >= 15 is 0 Å². The zero-order chi connectivity index (χ0) is 20.1. The fraction of sp³-hybridized carbons (Fsp3) is 0.667. The predicted molar refractivity (Wildman–Crippen MR) is 103 cm³/mol. The third-order valence-corrected chi connectivity index (χ3v) is 6.54. The first-order valence-electron chi connectivity index (χ1n) is 10.3. The molecule has 0 bridgehead atoms. The van der Waals surface area contributed by atoms with E-state index < -0.39 is 11.9 Å². The number of hydrogen-bond donors (Lipinski definition) is 1. The molecule has 7 nitrogen and oxygen atoms in total. The molecule has 3 amide bonds. The van der Waals surface area contributed by atoms with Crippen molar-refractivity contribution in [3.63, 3.8) is 0 Å². The van der Waals surface area contributed by atoms with E-state index in [-0.39, 0.29) is 35.0 Å². The number of carbonyl (C=O) groups is 3. The summed E-state index contributed by atoms with van der Waals surface area (Å²) in [5, 5.41) is 2.70. The molecule has 3 aliphatic rings. The molecule has 150 valence electrons. The van der Waals surface area contributed by atoms with Crippen molar-refractivity contribution < 1.29 is 14.4 Å². The van der Waals surface area contributed by atoms with Gasteiger partial charge in [0.25, 0.3) is 0 Å². The van der Waals surface area contributed by atoms with E-state index in [9.17, 15) is 14.4 Å². The number of amides is 3. The van der Waals surface area contributed by atoms with E-state index in [4.69, 9.17) is 0 Å². The summed E-state index contributed by atoms with van der Waals surface area (Å²) in [6.07, 6.45) is 8.02. The molecule has 0 radical (unpaired) electrons. The molecule has 1 N–H and O–H groups in total. The van der Waals surface area contributed by atoms with Crippen molar-refractivity contribution in [1.29, 1.82) is 0 Å². The van der Waals surface area contributed by atoms with Crippen LogP contribution in [0.1, 0.15) is 64.1 Å². The standard InChI is InChI=1S/C21H28N4O3/c1-12(25-18(27)14-6-4-5-7-15(14)19(25)28)17(26)24-20-22-11-13-10-21(2,3)9-8-16(13)23-20/h11-12,14-15H,4-10H2,1-3H3,(H,22,23,24,26). The molecular weight excluding hydrogens is 356 g/mol. The lowest BCUT2D eigenvalue weighted by Crippen LogP contribution is -2.46. The lowest BCUT2D eigenvalue weighted by atomic mass is 9.76. The van der Waals surface area contributed by atoms with Crippen LogP contribution in [0.15, 0.2) is 6.20 Å². The maximum Gasteiger partial charge on any atom is 0.249 e. The van der Waals surface area contributed by atoms with E-state index in [2.05, 4.69) is 29.1 Å². The number of nitrogens with zero attached hydrogens (tertiary/aromatic N) is 3. The molecule has 1 saturated heterocycles. The summed E-state index contributed by atoms with van der Waals surface area (Å²) in [6.45, 7) is 6.06. The second-order valence-corrected chi connectivity index (χ2v) is 9.22. The van der Waals surface area contributed by atoms with Crippen molar-refractivity contribution in [1.82, 2.24) is 14.9 Å². The van der Waals surface area contributed by atoms with Gasteiger partial charge in [-0.05, 0) is 50.0 Å². The normalized spacial score (nSPS) is 27.2. The van der Waals surface area contributed by atoms with Gasteiger partial charge in [-0.2, -0.15) is 0 Å². The number of aryl methyl sites for hydroxylation is 1. The summed E-state index contributed by atoms with van der Waals surface area (Å²) in [7, 11) is 0. The van der Waals surface area contributed by atoms with E-state index in [1.807, 2.05) is 0 Å². The van der Waals surface area contributed by atoms with Crippen molar-refractivity contribution >= 4 is 23.7 Å². The fourth-order valence-corrected chi connectivity index (χ4v) is 4.83. The SMILES string of the molecule is CC(C(=O)Nc1ncc2c(n1)CCC(C)(C)C2)N1C(=O)C2CCCCC2C1=O. The van der Waals surface area contributed by atoms with Gasteiger partial charge in [-0.3, -0.25) is 24.6 Å². The van der Waals surface area contributed by atoms with Crippen LogP contribution in [-0.4, -0.2) is 38.6 Å². The molecule has 1 aromatic heterocycles. The van der Waals surface area contributed by atoms with Crippen LogP contribution < -0.4 is 5.32 Å². The average molecular weight is 384 g/mol. The van der Waals surface area contributed by atoms with Crippen LogP contribution in [0.2, 0.25) is 0 Å². The van der Waals surface area contributed by atoms with Crippen LogP contribution in [0.25, 0.3) is 0 Å². The molecule has 1 aliphatic heterocycles. The smallest absolute Gasteiger partial charge is 0.249 e. The fourth-order valence-electron chi connectivity index (χ4n) is 4.83. The first-order valence-corrected chi connectivity index (χ1v) is 10.3. The lowest BCUT2D eigenvalue weighted by molar-refractivity contribution is -0.146. The Morgan fingerprint density at radius 3 is 2.50 bits per heavy atom. The van der Waals surface area contributed by atoms with Crippen LogP contribution in [0.5, 0.6) is 0 Å². The summed E-state index contributed by atoms with van der Waals surface area (Å²) in [6, 6.07) is -0.857. The Kier molecular flexibility index (Phi) is 4.71. The number of fused-ring (bicyclic) bond motifs is 2. The van der Waals surface area contributed by atoms with Gasteiger partial charge in [-0.1, -0.05) is 26.7 Å². The zero-order valence-corrected chi connectivity index (χ0v) is 16.8. The Morgan fingerprint density at radius 2 is 1.86 bits per heavy atom. The maximum absolute atomic E-state index is 12.7. The molecule has 2 fully saturated rings. The van der Waals surface area contributed by atoms with Gasteiger partial charge in [0, 0.05) is 11.9 Å². The second-order valence-electron chi connectivity index (χ2n) is 9.22. The van der Waals surface area contributed by atoms with Gasteiger partial charge in [-0.25, -0.2) is 9.97 Å². The summed E-state index contributed by atoms with van der Waals surface area (Å²) < 4.78 is 0. The minimum Gasteiger partial charge on any atom is -0.293 e. The molecule has 2 heterocycles. The Hall–Kier alpha value is -2.31. The third kappa shape index (κ3) is 3.31. The van der Waals surface area contributed by atoms with E-state index in [0.29, 0.717) is 0 Å². The Bertz CT molecular complexity index is 811. The van der Waals surface area contributed by atoms with E-state index in [1.165, 1.54) is 0 Å². The lowest BCUT2D eigenvalue weighted by Gasteiger charge is -2.30. The molecule has 2 aliphatic carbocycles. The van der Waals surface area contributed by atoms with Crippen LogP contribution in [0.3, 0.4) is 0 Å². The first-order chi connectivity index (χ1) is 13.3. The van der Waals surface area contributed by atoms with Gasteiger partial charge in [0.15, 0.2) is 0 Å². The molecular formula is C21H28N4O3. The number of imide groups is 1. The number of nitrogens with one attached hydrogen (secondary N) is 1. The summed E-state index contributed by atoms with van der Waals surface area (Å²) in [4.78, 5) is 48.1. The summed E-state index contributed by atoms with van der Waals surface area (Å²) >= 11 is 0. The molecule has 3 atom stereocenters. The Labute approximate surface area is 165 Å². The van der Waals surface area contributed by atoms with Gasteiger partial charge in [-0.15, -0.1) is 0 Å². The molecule has 1 saturated carbocycles. The van der Waals surface area contributed by atoms with Crippen LogP contribution in [-0.2, 0) is 27.2 Å². The quantitative estimate of drug-likeness (QED) is 0.809. The van der Waals surface area contributed by atoms with Crippen molar-refractivity contribution in [2.24, 2.45) is 17.3 Å². The highest BCUT2D eigenvalue weighted by Crippen LogP contribution is 2.39. The monoisotopic (exact) mass is 384 g/mol. The summed E-state index contributed by atoms with van der Waals surface area (Å²) in [5.41, 5.74) is 2.33. The van der Waals surface area contributed by atoms with Crippen molar-refractivity contribution in [2.75, 3.05) is 5.32 Å². The average Bonchev–Trinajstić information content (AvgIpc) is 2.92. The Morgan fingerprint density at radius 1 is 1.21 bits per heavy atom. The molecule has 28 heavy (non-hydrogen) atoms. The first kappa shape index (κ1) is 19.0. The highest BCUT2D eigenvalue weighted by atomic mass is 16.2. The van der Waals surface area contributed by atoms with Crippen LogP contribution in [0, 0.1) is 17.3 Å². The van der Waals surface area contributed by atoms with Gasteiger partial charge < -0.3 is 0 Å². The van der Waals surface area contributed by atoms with Crippen molar-refractivity contribution in [2.45, 2.75) is 71.8 Å². The van der Waals surface area contributed by atoms with E-state index in [0.717, 1.165) is 61.1 Å². The molecule has 0 spiro atoms. The van der Waals surface area contributed by atoms with Crippen molar-refractivity contribution in [3.8, 4) is 0 Å². The minimum absolute atomic E-state index is 0.203. The number of carbonyl (C=O) groups excluding carboxylic acids is 3. The highest BCUT2D eigenvalue weighted by Gasteiger charge is 2.50. The summed E-state index contributed by atoms with van der Waals surface area (Å²) in [5.74, 6) is -1.08. The number of anilines is 1. The molecule has 3 unspecified atom stereocenters. The second kappa shape index (κ2) is 6.94.